The molecule has 1 amide bonds. The summed E-state index contributed by atoms with van der Waals surface area (Å²) >= 11 is 0. The molecular weight excluding hydrogens is 246 g/mol. The number of rotatable bonds is 2. The maximum absolute atomic E-state index is 12.5. The molecule has 0 aromatic heterocycles. The van der Waals surface area contributed by atoms with E-state index in [1.807, 2.05) is 0 Å². The van der Waals surface area contributed by atoms with Gasteiger partial charge in [0, 0.05) is 32.2 Å². The maximum Gasteiger partial charge on any atom is 0.311 e. The van der Waals surface area contributed by atoms with Crippen LogP contribution in [0.5, 0.6) is 0 Å². The summed E-state index contributed by atoms with van der Waals surface area (Å²) in [5.41, 5.74) is -0.578. The van der Waals surface area contributed by atoms with Gasteiger partial charge in [0.25, 0.3) is 0 Å². The summed E-state index contributed by atoms with van der Waals surface area (Å²) < 4.78 is 5.36. The molecule has 1 aliphatic carbocycles. The standard InChI is InChI=1S/C14H21NO4/c1-13(12(17)18)2-5-15(9-13)11(16)10-8-14(10)3-6-19-7-4-14/h10H,2-9H2,1H3,(H,17,18)/t10-,13+/m0/s1. The fraction of sp³-hybridized carbons (Fsp3) is 0.857. The van der Waals surface area contributed by atoms with Crippen molar-refractivity contribution in [3.05, 3.63) is 0 Å². The van der Waals surface area contributed by atoms with Crippen LogP contribution in [0, 0.1) is 16.7 Å². The first-order valence-electron chi connectivity index (χ1n) is 7.07. The summed E-state index contributed by atoms with van der Waals surface area (Å²) in [5.74, 6) is -0.501. The number of ether oxygens (including phenoxy) is 1. The molecule has 5 heteroatoms. The predicted molar refractivity (Wildman–Crippen MR) is 67.5 cm³/mol. The Morgan fingerprint density at radius 3 is 2.53 bits per heavy atom. The lowest BCUT2D eigenvalue weighted by atomic mass is 9.90. The van der Waals surface area contributed by atoms with Crippen LogP contribution in [0.25, 0.3) is 0 Å². The topological polar surface area (TPSA) is 66.8 Å². The maximum atomic E-state index is 12.5. The third-order valence-corrected chi connectivity index (χ3v) is 5.28. The fourth-order valence-electron chi connectivity index (χ4n) is 3.57. The average Bonchev–Trinajstić information content (AvgIpc) is 2.90. The molecule has 19 heavy (non-hydrogen) atoms. The Hall–Kier alpha value is -1.10. The Labute approximate surface area is 112 Å². The van der Waals surface area contributed by atoms with Crippen molar-refractivity contribution >= 4 is 11.9 Å². The van der Waals surface area contributed by atoms with Crippen LogP contribution in [0.4, 0.5) is 0 Å². The van der Waals surface area contributed by atoms with Gasteiger partial charge in [0.05, 0.1) is 5.41 Å². The Balaban J connectivity index is 1.63. The molecule has 2 saturated heterocycles. The molecular formula is C14H21NO4. The van der Waals surface area contributed by atoms with Crippen LogP contribution in [0.15, 0.2) is 0 Å². The van der Waals surface area contributed by atoms with E-state index in [0.717, 1.165) is 32.5 Å². The molecule has 106 valence electrons. The summed E-state index contributed by atoms with van der Waals surface area (Å²) in [6.07, 6.45) is 3.49. The smallest absolute Gasteiger partial charge is 0.311 e. The number of nitrogens with zero attached hydrogens (tertiary/aromatic N) is 1. The quantitative estimate of drug-likeness (QED) is 0.814. The van der Waals surface area contributed by atoms with Crippen molar-refractivity contribution in [2.75, 3.05) is 26.3 Å². The monoisotopic (exact) mass is 267 g/mol. The van der Waals surface area contributed by atoms with E-state index < -0.39 is 11.4 Å². The van der Waals surface area contributed by atoms with Gasteiger partial charge in [-0.1, -0.05) is 0 Å². The van der Waals surface area contributed by atoms with Gasteiger partial charge in [-0.25, -0.2) is 0 Å². The van der Waals surface area contributed by atoms with E-state index >= 15 is 0 Å². The lowest BCUT2D eigenvalue weighted by Gasteiger charge is -2.25. The van der Waals surface area contributed by atoms with Gasteiger partial charge >= 0.3 is 5.97 Å². The van der Waals surface area contributed by atoms with E-state index in [0.29, 0.717) is 19.5 Å². The molecule has 5 nitrogen and oxygen atoms in total. The molecule has 1 saturated carbocycles. The largest absolute Gasteiger partial charge is 0.481 e. The van der Waals surface area contributed by atoms with Crippen molar-refractivity contribution in [2.24, 2.45) is 16.7 Å². The number of likely N-dealkylation sites (tertiary alicyclic amines) is 1. The SMILES string of the molecule is C[C@@]1(C(=O)O)CCN(C(=O)[C@@H]2CC23CCOCC3)C1. The summed E-state index contributed by atoms with van der Waals surface area (Å²) in [4.78, 5) is 25.5. The number of aliphatic carboxylic acids is 1. The van der Waals surface area contributed by atoms with Gasteiger partial charge in [0.1, 0.15) is 0 Å². The molecule has 2 aliphatic heterocycles. The van der Waals surface area contributed by atoms with Gasteiger partial charge in [-0.2, -0.15) is 0 Å². The van der Waals surface area contributed by atoms with Crippen LogP contribution in [0.3, 0.4) is 0 Å². The van der Waals surface area contributed by atoms with Gasteiger partial charge in [-0.05, 0) is 38.0 Å². The van der Waals surface area contributed by atoms with Gasteiger partial charge in [-0.3, -0.25) is 9.59 Å². The van der Waals surface area contributed by atoms with Crippen molar-refractivity contribution in [2.45, 2.75) is 32.6 Å². The molecule has 0 aromatic rings. The summed E-state index contributed by atoms with van der Waals surface area (Å²) in [7, 11) is 0. The van der Waals surface area contributed by atoms with Crippen LogP contribution in [0.1, 0.15) is 32.6 Å². The third-order valence-electron chi connectivity index (χ3n) is 5.28. The number of amides is 1. The van der Waals surface area contributed by atoms with Crippen molar-refractivity contribution in [1.82, 2.24) is 4.90 Å². The summed E-state index contributed by atoms with van der Waals surface area (Å²) in [6, 6.07) is 0. The zero-order chi connectivity index (χ0) is 13.7. The van der Waals surface area contributed by atoms with Crippen LogP contribution >= 0.6 is 0 Å². The van der Waals surface area contributed by atoms with Crippen molar-refractivity contribution in [1.29, 1.82) is 0 Å². The van der Waals surface area contributed by atoms with E-state index in [2.05, 4.69) is 0 Å². The van der Waals surface area contributed by atoms with Crippen LogP contribution in [-0.4, -0.2) is 48.2 Å². The highest BCUT2D eigenvalue weighted by Crippen LogP contribution is 2.60. The molecule has 3 aliphatic rings. The Bertz CT molecular complexity index is 416. The van der Waals surface area contributed by atoms with Crippen LogP contribution < -0.4 is 0 Å². The minimum atomic E-state index is -0.792. The molecule has 3 rings (SSSR count). The molecule has 2 heterocycles. The number of carbonyl (C=O) groups is 2. The summed E-state index contributed by atoms with van der Waals surface area (Å²) in [5, 5.41) is 9.21. The fourth-order valence-corrected chi connectivity index (χ4v) is 3.57. The van der Waals surface area contributed by atoms with Gasteiger partial charge in [-0.15, -0.1) is 0 Å². The van der Waals surface area contributed by atoms with Crippen LogP contribution in [-0.2, 0) is 14.3 Å². The molecule has 1 spiro atoms. The lowest BCUT2D eigenvalue weighted by Crippen LogP contribution is -2.37. The van der Waals surface area contributed by atoms with Crippen LogP contribution in [0.2, 0.25) is 0 Å². The number of hydrogen-bond donors (Lipinski definition) is 1. The van der Waals surface area contributed by atoms with E-state index in [4.69, 9.17) is 4.74 Å². The highest BCUT2D eigenvalue weighted by molar-refractivity contribution is 5.84. The number of carbonyl (C=O) groups excluding carboxylic acids is 1. The van der Waals surface area contributed by atoms with E-state index in [1.54, 1.807) is 11.8 Å². The Morgan fingerprint density at radius 1 is 1.26 bits per heavy atom. The van der Waals surface area contributed by atoms with Crippen molar-refractivity contribution in [3.63, 3.8) is 0 Å². The normalized spacial score (nSPS) is 36.5. The Kier molecular flexibility index (Phi) is 2.85. The number of carboxylic acids is 1. The average molecular weight is 267 g/mol. The zero-order valence-corrected chi connectivity index (χ0v) is 11.4. The lowest BCUT2D eigenvalue weighted by molar-refractivity contribution is -0.147. The highest BCUT2D eigenvalue weighted by atomic mass is 16.5. The zero-order valence-electron chi connectivity index (χ0n) is 11.4. The van der Waals surface area contributed by atoms with Gasteiger partial charge < -0.3 is 14.7 Å². The molecule has 0 radical (unpaired) electrons. The van der Waals surface area contributed by atoms with Gasteiger partial charge in [0.15, 0.2) is 0 Å². The second kappa shape index (κ2) is 4.20. The molecule has 3 fully saturated rings. The second-order valence-electron chi connectivity index (χ2n) is 6.61. The van der Waals surface area contributed by atoms with Gasteiger partial charge in [0.2, 0.25) is 5.91 Å². The second-order valence-corrected chi connectivity index (χ2v) is 6.61. The predicted octanol–water partition coefficient (Wildman–Crippen LogP) is 1.13. The van der Waals surface area contributed by atoms with E-state index in [1.165, 1.54) is 0 Å². The van der Waals surface area contributed by atoms with E-state index in [9.17, 15) is 14.7 Å². The molecule has 0 unspecified atom stereocenters. The van der Waals surface area contributed by atoms with Crippen molar-refractivity contribution < 1.29 is 19.4 Å². The molecule has 1 N–H and O–H groups in total. The van der Waals surface area contributed by atoms with E-state index in [-0.39, 0.29) is 17.2 Å². The first-order chi connectivity index (χ1) is 8.97. The number of carboxylic acid groups (broad SMARTS) is 1. The molecule has 2 atom stereocenters. The molecule has 0 bridgehead atoms. The van der Waals surface area contributed by atoms with Crippen molar-refractivity contribution in [3.8, 4) is 0 Å². The minimum Gasteiger partial charge on any atom is -0.481 e. The minimum absolute atomic E-state index is 0.118. The Morgan fingerprint density at radius 2 is 1.95 bits per heavy atom. The number of hydrogen-bond acceptors (Lipinski definition) is 3. The first kappa shape index (κ1) is 12.9. The third kappa shape index (κ3) is 2.04. The molecule has 0 aromatic carbocycles. The summed E-state index contributed by atoms with van der Waals surface area (Å²) in [6.45, 7) is 4.21. The highest BCUT2D eigenvalue weighted by Gasteiger charge is 2.59. The first-order valence-corrected chi connectivity index (χ1v) is 7.07.